The van der Waals surface area contributed by atoms with Crippen LogP contribution < -0.4 is 10.9 Å². The van der Waals surface area contributed by atoms with Crippen molar-refractivity contribution in [3.8, 4) is 5.69 Å². The molecule has 7 nitrogen and oxygen atoms in total. The third kappa shape index (κ3) is 4.53. The van der Waals surface area contributed by atoms with Gasteiger partial charge in [0.1, 0.15) is 0 Å². The molecule has 1 aromatic carbocycles. The molecule has 2 aromatic heterocycles. The van der Waals surface area contributed by atoms with Crippen molar-refractivity contribution >= 4 is 28.6 Å². The second-order valence-corrected chi connectivity index (χ2v) is 6.92. The molecule has 27 heavy (non-hydrogen) atoms. The maximum Gasteiger partial charge on any atom is 0.266 e. The van der Waals surface area contributed by atoms with Gasteiger partial charge in [-0.3, -0.25) is 19.1 Å². The number of hydrogen-bond acceptors (Lipinski definition) is 6. The number of rotatable bonds is 7. The lowest BCUT2D eigenvalue weighted by atomic mass is 10.2. The molecule has 2 heterocycles. The lowest BCUT2D eigenvalue weighted by Gasteiger charge is -2.14. The lowest BCUT2D eigenvalue weighted by Crippen LogP contribution is -2.36. The van der Waals surface area contributed by atoms with Crippen molar-refractivity contribution in [1.29, 1.82) is 0 Å². The van der Waals surface area contributed by atoms with Gasteiger partial charge in [-0.2, -0.15) is 0 Å². The number of para-hydroxylation sites is 1. The number of methoxy groups -OCH3 is 1. The zero-order valence-corrected chi connectivity index (χ0v) is 15.9. The number of carbonyl (C=O) groups is 1. The van der Waals surface area contributed by atoms with E-state index < -0.39 is 0 Å². The first-order chi connectivity index (χ1) is 13.1. The van der Waals surface area contributed by atoms with E-state index in [2.05, 4.69) is 15.3 Å². The van der Waals surface area contributed by atoms with Crippen LogP contribution in [0.3, 0.4) is 0 Å². The van der Waals surface area contributed by atoms with Gasteiger partial charge < -0.3 is 10.1 Å². The first kappa shape index (κ1) is 19.1. The summed E-state index contributed by atoms with van der Waals surface area (Å²) in [4.78, 5) is 33.9. The predicted molar refractivity (Wildman–Crippen MR) is 105 cm³/mol. The Labute approximate surface area is 160 Å². The van der Waals surface area contributed by atoms with Crippen LogP contribution in [-0.2, 0) is 9.53 Å². The van der Waals surface area contributed by atoms with E-state index in [0.717, 1.165) is 0 Å². The average Bonchev–Trinajstić information content (AvgIpc) is 2.67. The fraction of sp³-hybridized carbons (Fsp3) is 0.263. The summed E-state index contributed by atoms with van der Waals surface area (Å²) in [6, 6.07) is 10.6. The molecule has 0 aliphatic heterocycles. The molecule has 0 bridgehead atoms. The number of pyridine rings is 1. The minimum Gasteiger partial charge on any atom is -0.383 e. The van der Waals surface area contributed by atoms with Gasteiger partial charge in [0.05, 0.1) is 35.1 Å². The van der Waals surface area contributed by atoms with Crippen LogP contribution in [0.25, 0.3) is 16.6 Å². The summed E-state index contributed by atoms with van der Waals surface area (Å²) < 4.78 is 6.51. The summed E-state index contributed by atoms with van der Waals surface area (Å²) in [5.41, 5.74) is 1.01. The molecule has 0 aliphatic rings. The molecule has 8 heteroatoms. The minimum atomic E-state index is -0.191. The average molecular weight is 384 g/mol. The van der Waals surface area contributed by atoms with Gasteiger partial charge in [0.25, 0.3) is 5.56 Å². The lowest BCUT2D eigenvalue weighted by molar-refractivity contribution is -0.119. The maximum atomic E-state index is 13.0. The molecule has 0 saturated carbocycles. The zero-order valence-electron chi connectivity index (χ0n) is 15.1. The Morgan fingerprint density at radius 2 is 2.11 bits per heavy atom. The molecule has 0 saturated heterocycles. The summed E-state index contributed by atoms with van der Waals surface area (Å²) in [7, 11) is 1.59. The second kappa shape index (κ2) is 8.79. The van der Waals surface area contributed by atoms with Crippen LogP contribution >= 0.6 is 11.8 Å². The topological polar surface area (TPSA) is 86.1 Å². The summed E-state index contributed by atoms with van der Waals surface area (Å²) in [6.07, 6.45) is 3.24. The van der Waals surface area contributed by atoms with E-state index in [-0.39, 0.29) is 23.3 Å². The minimum absolute atomic E-state index is 0.0896. The molecule has 1 amide bonds. The van der Waals surface area contributed by atoms with Crippen molar-refractivity contribution in [3.63, 3.8) is 0 Å². The number of fused-ring (bicyclic) bond motifs is 1. The standard InChI is InChI=1S/C19H20N4O3S/c1-13(11-26-2)21-17(24)12-27-19-22-16-8-4-3-7-15(16)18(25)23(19)14-6-5-9-20-10-14/h3-10,13H,11-12H2,1-2H3,(H,21,24). The largest absolute Gasteiger partial charge is 0.383 e. The van der Waals surface area contributed by atoms with E-state index in [1.54, 1.807) is 49.8 Å². The van der Waals surface area contributed by atoms with E-state index >= 15 is 0 Å². The van der Waals surface area contributed by atoms with Crippen molar-refractivity contribution in [1.82, 2.24) is 19.9 Å². The fourth-order valence-corrected chi connectivity index (χ4v) is 3.48. The van der Waals surface area contributed by atoms with Crippen LogP contribution in [0.15, 0.2) is 58.7 Å². The molecule has 1 unspecified atom stereocenters. The third-order valence-corrected chi connectivity index (χ3v) is 4.74. The smallest absolute Gasteiger partial charge is 0.266 e. The van der Waals surface area contributed by atoms with Gasteiger partial charge >= 0.3 is 0 Å². The van der Waals surface area contributed by atoms with Crippen LogP contribution in [0, 0.1) is 0 Å². The van der Waals surface area contributed by atoms with Gasteiger partial charge in [0.2, 0.25) is 5.91 Å². The second-order valence-electron chi connectivity index (χ2n) is 5.98. The number of hydrogen-bond donors (Lipinski definition) is 1. The van der Waals surface area contributed by atoms with Gasteiger partial charge in [-0.05, 0) is 31.2 Å². The van der Waals surface area contributed by atoms with E-state index in [0.29, 0.717) is 28.4 Å². The van der Waals surface area contributed by atoms with Crippen molar-refractivity contribution < 1.29 is 9.53 Å². The Kier molecular flexibility index (Phi) is 6.20. The molecule has 3 rings (SSSR count). The quantitative estimate of drug-likeness (QED) is 0.495. The summed E-state index contributed by atoms with van der Waals surface area (Å²) >= 11 is 1.21. The van der Waals surface area contributed by atoms with Crippen LogP contribution in [-0.4, -0.2) is 46.0 Å². The van der Waals surface area contributed by atoms with Gasteiger partial charge in [0.15, 0.2) is 5.16 Å². The number of benzene rings is 1. The fourth-order valence-electron chi connectivity index (χ4n) is 2.66. The molecule has 0 spiro atoms. The van der Waals surface area contributed by atoms with E-state index in [4.69, 9.17) is 4.74 Å². The maximum absolute atomic E-state index is 13.0. The van der Waals surface area contributed by atoms with Gasteiger partial charge in [-0.15, -0.1) is 0 Å². The van der Waals surface area contributed by atoms with Crippen molar-refractivity contribution in [3.05, 3.63) is 59.1 Å². The summed E-state index contributed by atoms with van der Waals surface area (Å²) in [5, 5.41) is 3.81. The van der Waals surface area contributed by atoms with Crippen molar-refractivity contribution in [2.45, 2.75) is 18.1 Å². The summed E-state index contributed by atoms with van der Waals surface area (Å²) in [5.74, 6) is -0.0104. The van der Waals surface area contributed by atoms with E-state index in [1.165, 1.54) is 16.3 Å². The van der Waals surface area contributed by atoms with Gasteiger partial charge in [0, 0.05) is 19.3 Å². The molecule has 1 atom stereocenters. The Balaban J connectivity index is 1.94. The molecule has 140 valence electrons. The molecule has 3 aromatic rings. The number of ether oxygens (including phenoxy) is 1. The Bertz CT molecular complexity index is 991. The zero-order chi connectivity index (χ0) is 19.2. The molecular formula is C19H20N4O3S. The number of amides is 1. The highest BCUT2D eigenvalue weighted by molar-refractivity contribution is 7.99. The molecular weight excluding hydrogens is 364 g/mol. The number of nitrogens with zero attached hydrogens (tertiary/aromatic N) is 3. The van der Waals surface area contributed by atoms with Crippen molar-refractivity contribution in [2.24, 2.45) is 0 Å². The summed E-state index contributed by atoms with van der Waals surface area (Å²) in [6.45, 7) is 2.30. The molecule has 0 radical (unpaired) electrons. The van der Waals surface area contributed by atoms with Crippen LogP contribution in [0.1, 0.15) is 6.92 Å². The van der Waals surface area contributed by atoms with Crippen molar-refractivity contribution in [2.75, 3.05) is 19.5 Å². The van der Waals surface area contributed by atoms with Crippen LogP contribution in [0.5, 0.6) is 0 Å². The molecule has 0 aliphatic carbocycles. The third-order valence-electron chi connectivity index (χ3n) is 3.81. The first-order valence-electron chi connectivity index (χ1n) is 8.43. The highest BCUT2D eigenvalue weighted by Gasteiger charge is 2.15. The number of carbonyl (C=O) groups excluding carboxylic acids is 1. The monoisotopic (exact) mass is 384 g/mol. The van der Waals surface area contributed by atoms with Crippen LogP contribution in [0.4, 0.5) is 0 Å². The van der Waals surface area contributed by atoms with Crippen LogP contribution in [0.2, 0.25) is 0 Å². The number of thioether (sulfide) groups is 1. The first-order valence-corrected chi connectivity index (χ1v) is 9.42. The van der Waals surface area contributed by atoms with E-state index in [1.807, 2.05) is 13.0 Å². The highest BCUT2D eigenvalue weighted by atomic mass is 32.2. The predicted octanol–water partition coefficient (Wildman–Crippen LogP) is 2.02. The van der Waals surface area contributed by atoms with Gasteiger partial charge in [-0.25, -0.2) is 4.98 Å². The molecule has 0 fully saturated rings. The Morgan fingerprint density at radius 3 is 2.85 bits per heavy atom. The molecule has 1 N–H and O–H groups in total. The normalized spacial score (nSPS) is 12.1. The van der Waals surface area contributed by atoms with Gasteiger partial charge in [-0.1, -0.05) is 23.9 Å². The Hall–Kier alpha value is -2.71. The van der Waals surface area contributed by atoms with E-state index in [9.17, 15) is 9.59 Å². The number of aromatic nitrogens is 3. The number of nitrogens with one attached hydrogen (secondary N) is 1. The highest BCUT2D eigenvalue weighted by Crippen LogP contribution is 2.20. The Morgan fingerprint density at radius 1 is 1.30 bits per heavy atom. The SMILES string of the molecule is COCC(C)NC(=O)CSc1nc2ccccc2c(=O)n1-c1cccnc1.